The zero-order valence-electron chi connectivity index (χ0n) is 9.58. The van der Waals surface area contributed by atoms with Gasteiger partial charge in [-0.25, -0.2) is 4.98 Å². The molecule has 1 atom stereocenters. The summed E-state index contributed by atoms with van der Waals surface area (Å²) in [6.07, 6.45) is 3.93. The highest BCUT2D eigenvalue weighted by atomic mass is 32.2. The number of hydrogen-bond donors (Lipinski definition) is 2. The summed E-state index contributed by atoms with van der Waals surface area (Å²) < 4.78 is 0. The summed E-state index contributed by atoms with van der Waals surface area (Å²) in [4.78, 5) is 4.27. The van der Waals surface area contributed by atoms with Crippen molar-refractivity contribution in [1.29, 1.82) is 0 Å². The third-order valence-corrected chi connectivity index (χ3v) is 3.13. The van der Waals surface area contributed by atoms with Crippen molar-refractivity contribution in [3.05, 3.63) is 17.8 Å². The predicted octanol–water partition coefficient (Wildman–Crippen LogP) is 2.38. The largest absolute Gasteiger partial charge is 0.398 e. The number of nitrogens with one attached hydrogen (secondary N) is 1. The molecule has 0 bridgehead atoms. The normalized spacial score (nSPS) is 12.5. The van der Waals surface area contributed by atoms with E-state index in [0.29, 0.717) is 5.92 Å². The summed E-state index contributed by atoms with van der Waals surface area (Å²) in [5, 5.41) is 3.29. The molecule has 0 radical (unpaired) electrons. The van der Waals surface area contributed by atoms with Crippen molar-refractivity contribution in [2.24, 2.45) is 5.92 Å². The van der Waals surface area contributed by atoms with E-state index in [1.165, 1.54) is 0 Å². The highest BCUT2D eigenvalue weighted by Crippen LogP contribution is 2.14. The highest BCUT2D eigenvalue weighted by Gasteiger charge is 2.02. The minimum absolute atomic E-state index is 0.643. The molecule has 1 rings (SSSR count). The van der Waals surface area contributed by atoms with Crippen molar-refractivity contribution in [1.82, 2.24) is 4.98 Å². The van der Waals surface area contributed by atoms with Gasteiger partial charge in [-0.15, -0.1) is 0 Å². The maximum Gasteiger partial charge on any atom is 0.127 e. The minimum Gasteiger partial charge on any atom is -0.398 e. The second-order valence-corrected chi connectivity index (χ2v) is 4.78. The van der Waals surface area contributed by atoms with Gasteiger partial charge < -0.3 is 11.1 Å². The van der Waals surface area contributed by atoms with Crippen LogP contribution in [0, 0.1) is 12.8 Å². The predicted molar refractivity (Wildman–Crippen MR) is 69.4 cm³/mol. The first-order valence-corrected chi connectivity index (χ1v) is 6.47. The van der Waals surface area contributed by atoms with Crippen LogP contribution in [0.5, 0.6) is 0 Å². The maximum atomic E-state index is 5.80. The van der Waals surface area contributed by atoms with Crippen molar-refractivity contribution < 1.29 is 0 Å². The lowest BCUT2D eigenvalue weighted by Gasteiger charge is -2.12. The molecular weight excluding hydrogens is 206 g/mol. The van der Waals surface area contributed by atoms with Crippen LogP contribution in [0.1, 0.15) is 12.5 Å². The van der Waals surface area contributed by atoms with Gasteiger partial charge in [0.05, 0.1) is 0 Å². The molecule has 0 aliphatic heterocycles. The van der Waals surface area contributed by atoms with Gasteiger partial charge >= 0.3 is 0 Å². The Hall–Kier alpha value is -0.900. The number of hydrogen-bond acceptors (Lipinski definition) is 4. The quantitative estimate of drug-likeness (QED) is 0.808. The number of nitrogens with zero attached hydrogens (tertiary/aromatic N) is 1. The lowest BCUT2D eigenvalue weighted by atomic mass is 10.2. The lowest BCUT2D eigenvalue weighted by Crippen LogP contribution is -2.14. The molecule has 1 heterocycles. The van der Waals surface area contributed by atoms with Crippen LogP contribution in [0.15, 0.2) is 12.3 Å². The molecule has 15 heavy (non-hydrogen) atoms. The number of nitrogens with two attached hydrogens (primary N) is 1. The van der Waals surface area contributed by atoms with Gasteiger partial charge in [-0.2, -0.15) is 11.8 Å². The SMILES string of the molecule is CSCC(C)CNc1cc(N)c(C)cn1. The van der Waals surface area contributed by atoms with Gasteiger partial charge in [0.1, 0.15) is 5.82 Å². The lowest BCUT2D eigenvalue weighted by molar-refractivity contribution is 0.699. The van der Waals surface area contributed by atoms with Crippen LogP contribution in [-0.2, 0) is 0 Å². The molecule has 0 saturated carbocycles. The van der Waals surface area contributed by atoms with E-state index in [1.54, 1.807) is 6.20 Å². The molecule has 0 fully saturated rings. The molecule has 0 aromatic carbocycles. The first-order chi connectivity index (χ1) is 7.13. The summed E-state index contributed by atoms with van der Waals surface area (Å²) in [6.45, 7) is 5.12. The molecule has 1 aromatic rings. The molecule has 3 nitrogen and oxygen atoms in total. The number of thioether (sulfide) groups is 1. The number of aromatic nitrogens is 1. The first-order valence-electron chi connectivity index (χ1n) is 5.08. The Morgan fingerprint density at radius 2 is 2.33 bits per heavy atom. The van der Waals surface area contributed by atoms with Crippen LogP contribution in [0.3, 0.4) is 0 Å². The van der Waals surface area contributed by atoms with Gasteiger partial charge in [0.25, 0.3) is 0 Å². The fraction of sp³-hybridized carbons (Fsp3) is 0.545. The summed E-state index contributed by atoms with van der Waals surface area (Å²) in [6, 6.07) is 1.89. The number of anilines is 2. The van der Waals surface area contributed by atoms with E-state index in [-0.39, 0.29) is 0 Å². The standard InChI is InChI=1S/C11H19N3S/c1-8(7-15-3)5-13-11-4-10(12)9(2)6-14-11/h4,6,8H,5,7H2,1-3H3,(H3,12,13,14). The molecule has 4 heteroatoms. The van der Waals surface area contributed by atoms with Crippen molar-refractivity contribution in [2.45, 2.75) is 13.8 Å². The zero-order chi connectivity index (χ0) is 11.3. The molecule has 0 saturated heterocycles. The van der Waals surface area contributed by atoms with Crippen molar-refractivity contribution in [3.63, 3.8) is 0 Å². The van der Waals surface area contributed by atoms with E-state index < -0.39 is 0 Å². The molecule has 0 amide bonds. The molecule has 0 aliphatic carbocycles. The smallest absolute Gasteiger partial charge is 0.127 e. The Kier molecular flexibility index (Phi) is 4.75. The average Bonchev–Trinajstić information content (AvgIpc) is 2.20. The van der Waals surface area contributed by atoms with Gasteiger partial charge in [0.15, 0.2) is 0 Å². The first kappa shape index (κ1) is 12.2. The fourth-order valence-electron chi connectivity index (χ4n) is 1.26. The number of pyridine rings is 1. The van der Waals surface area contributed by atoms with Crippen molar-refractivity contribution >= 4 is 23.3 Å². The van der Waals surface area contributed by atoms with E-state index in [1.807, 2.05) is 24.8 Å². The number of nitrogen functional groups attached to an aromatic ring is 1. The Morgan fingerprint density at radius 1 is 1.60 bits per heavy atom. The summed E-state index contributed by atoms with van der Waals surface area (Å²) in [5.74, 6) is 2.67. The van der Waals surface area contributed by atoms with E-state index in [0.717, 1.165) is 29.4 Å². The molecule has 0 aliphatic rings. The zero-order valence-corrected chi connectivity index (χ0v) is 10.4. The van der Waals surface area contributed by atoms with E-state index >= 15 is 0 Å². The topological polar surface area (TPSA) is 50.9 Å². The summed E-state index contributed by atoms with van der Waals surface area (Å²) >= 11 is 1.87. The summed E-state index contributed by atoms with van der Waals surface area (Å²) in [7, 11) is 0. The maximum absolute atomic E-state index is 5.80. The van der Waals surface area contributed by atoms with Crippen LogP contribution in [0.4, 0.5) is 11.5 Å². The van der Waals surface area contributed by atoms with Crippen LogP contribution in [-0.4, -0.2) is 23.5 Å². The van der Waals surface area contributed by atoms with Gasteiger partial charge in [0.2, 0.25) is 0 Å². The van der Waals surface area contributed by atoms with Crippen LogP contribution in [0.25, 0.3) is 0 Å². The second kappa shape index (κ2) is 5.85. The molecule has 3 N–H and O–H groups in total. The van der Waals surface area contributed by atoms with E-state index in [4.69, 9.17) is 5.73 Å². The van der Waals surface area contributed by atoms with E-state index in [9.17, 15) is 0 Å². The highest BCUT2D eigenvalue weighted by molar-refractivity contribution is 7.98. The Bertz CT molecular complexity index is 315. The van der Waals surface area contributed by atoms with Crippen molar-refractivity contribution in [2.75, 3.05) is 29.6 Å². The Labute approximate surface area is 95.9 Å². The van der Waals surface area contributed by atoms with Crippen LogP contribution < -0.4 is 11.1 Å². The Morgan fingerprint density at radius 3 is 2.93 bits per heavy atom. The van der Waals surface area contributed by atoms with Gasteiger partial charge in [0, 0.05) is 24.5 Å². The third-order valence-electron chi connectivity index (χ3n) is 2.23. The number of aryl methyl sites for hydroxylation is 1. The van der Waals surface area contributed by atoms with Gasteiger partial charge in [-0.1, -0.05) is 6.92 Å². The van der Waals surface area contributed by atoms with Crippen LogP contribution >= 0.6 is 11.8 Å². The van der Waals surface area contributed by atoms with Gasteiger partial charge in [-0.05, 0) is 30.4 Å². The second-order valence-electron chi connectivity index (χ2n) is 3.87. The fourth-order valence-corrected chi connectivity index (χ4v) is 1.95. The summed E-state index contributed by atoms with van der Waals surface area (Å²) in [5.41, 5.74) is 7.62. The minimum atomic E-state index is 0.643. The molecule has 84 valence electrons. The van der Waals surface area contributed by atoms with Gasteiger partial charge in [-0.3, -0.25) is 0 Å². The van der Waals surface area contributed by atoms with Crippen LogP contribution in [0.2, 0.25) is 0 Å². The number of rotatable bonds is 5. The van der Waals surface area contributed by atoms with Crippen molar-refractivity contribution in [3.8, 4) is 0 Å². The average molecular weight is 225 g/mol. The Balaban J connectivity index is 2.47. The monoisotopic (exact) mass is 225 g/mol. The van der Waals surface area contributed by atoms with E-state index in [2.05, 4.69) is 23.5 Å². The molecule has 0 spiro atoms. The molecule has 1 unspecified atom stereocenters. The molecule has 1 aromatic heterocycles. The third kappa shape index (κ3) is 4.00. The molecular formula is C11H19N3S.